The van der Waals surface area contributed by atoms with Gasteiger partial charge in [0, 0.05) is 5.69 Å². The number of carbonyl (C=O) groups is 1. The lowest BCUT2D eigenvalue weighted by atomic mass is 10.1. The van der Waals surface area contributed by atoms with E-state index in [1.165, 1.54) is 22.8 Å². The zero-order valence-electron chi connectivity index (χ0n) is 23.5. The third-order valence-corrected chi connectivity index (χ3v) is 7.11. The smallest absolute Gasteiger partial charge is 0.266 e. The van der Waals surface area contributed by atoms with E-state index in [9.17, 15) is 10.1 Å². The van der Waals surface area contributed by atoms with E-state index < -0.39 is 5.91 Å². The van der Waals surface area contributed by atoms with Gasteiger partial charge in [0.25, 0.3) is 5.91 Å². The molecule has 4 aromatic rings. The molecule has 0 aliphatic heterocycles. The summed E-state index contributed by atoms with van der Waals surface area (Å²) in [6, 6.07) is 26.9. The molecule has 4 rings (SSSR count). The number of nitriles is 1. The number of aryl methyl sites for hydroxylation is 3. The Hall–Kier alpha value is -4.54. The third kappa shape index (κ3) is 8.00. The summed E-state index contributed by atoms with van der Waals surface area (Å²) in [4.78, 5) is 12.9. The summed E-state index contributed by atoms with van der Waals surface area (Å²) in [7, 11) is 1.55. The maximum Gasteiger partial charge on any atom is 0.266 e. The Morgan fingerprint density at radius 2 is 1.56 bits per heavy atom. The van der Waals surface area contributed by atoms with Crippen LogP contribution in [0.25, 0.3) is 6.08 Å². The number of nitrogens with one attached hydrogen (secondary N) is 1. The normalized spacial score (nSPS) is 11.0. The maximum absolute atomic E-state index is 12.9. The van der Waals surface area contributed by atoms with E-state index in [-0.39, 0.29) is 5.57 Å². The van der Waals surface area contributed by atoms with Gasteiger partial charge in [-0.05, 0) is 107 Å². The lowest BCUT2D eigenvalue weighted by Crippen LogP contribution is -2.13. The van der Waals surface area contributed by atoms with Crippen molar-refractivity contribution in [3.8, 4) is 23.3 Å². The number of methoxy groups -OCH3 is 1. The molecule has 0 spiro atoms. The molecular formula is C34H31BrN2O4. The predicted molar refractivity (Wildman–Crippen MR) is 165 cm³/mol. The molecule has 0 atom stereocenters. The van der Waals surface area contributed by atoms with Crippen molar-refractivity contribution in [3.05, 3.63) is 122 Å². The van der Waals surface area contributed by atoms with Crippen molar-refractivity contribution in [3.63, 3.8) is 0 Å². The Kier molecular flexibility index (Phi) is 9.83. The van der Waals surface area contributed by atoms with Gasteiger partial charge in [0.1, 0.15) is 30.6 Å². The molecule has 0 aliphatic carbocycles. The molecule has 1 N–H and O–H groups in total. The second-order valence-electron chi connectivity index (χ2n) is 9.66. The standard InChI is InChI=1S/C34H31BrN2O4/c1-22-5-8-25(9-6-22)20-40-30-13-11-29(12-14-30)37-34(38)28(19-36)16-27-17-31(35)33(32(18-27)39-4)41-21-26-10-7-23(2)24(3)15-26/h5-18H,20-21H2,1-4H3,(H,37,38)/b28-16+. The van der Waals surface area contributed by atoms with Crippen molar-refractivity contribution < 1.29 is 19.0 Å². The van der Waals surface area contributed by atoms with Crippen molar-refractivity contribution >= 4 is 33.6 Å². The number of nitrogens with zero attached hydrogens (tertiary/aromatic N) is 1. The van der Waals surface area contributed by atoms with E-state index in [2.05, 4.69) is 47.2 Å². The quantitative estimate of drug-likeness (QED) is 0.145. The van der Waals surface area contributed by atoms with Gasteiger partial charge >= 0.3 is 0 Å². The highest BCUT2D eigenvalue weighted by atomic mass is 79.9. The van der Waals surface area contributed by atoms with Crippen LogP contribution in [0.4, 0.5) is 5.69 Å². The first-order chi connectivity index (χ1) is 19.7. The number of carbonyl (C=O) groups excluding carboxylic acids is 1. The van der Waals surface area contributed by atoms with Gasteiger partial charge in [0.15, 0.2) is 11.5 Å². The minimum atomic E-state index is -0.522. The Balaban J connectivity index is 1.41. The maximum atomic E-state index is 12.9. The molecule has 0 unspecified atom stereocenters. The molecule has 0 aliphatic rings. The second kappa shape index (κ2) is 13.7. The molecule has 0 aromatic heterocycles. The Morgan fingerprint density at radius 3 is 2.22 bits per heavy atom. The number of anilines is 1. The van der Waals surface area contributed by atoms with E-state index in [4.69, 9.17) is 14.2 Å². The molecule has 0 fully saturated rings. The van der Waals surface area contributed by atoms with Crippen LogP contribution in [0.2, 0.25) is 0 Å². The first kappa shape index (κ1) is 29.4. The highest BCUT2D eigenvalue weighted by molar-refractivity contribution is 9.10. The summed E-state index contributed by atoms with van der Waals surface area (Å²) in [5.74, 6) is 1.17. The molecule has 208 valence electrons. The van der Waals surface area contributed by atoms with Crippen LogP contribution in [-0.4, -0.2) is 13.0 Å². The van der Waals surface area contributed by atoms with E-state index in [1.54, 1.807) is 43.5 Å². The SMILES string of the molecule is COc1cc(/C=C(\C#N)C(=O)Nc2ccc(OCc3ccc(C)cc3)cc2)cc(Br)c1OCc1ccc(C)c(C)c1. The van der Waals surface area contributed by atoms with Gasteiger partial charge in [-0.15, -0.1) is 0 Å². The minimum Gasteiger partial charge on any atom is -0.493 e. The largest absolute Gasteiger partial charge is 0.493 e. The van der Waals surface area contributed by atoms with Crippen LogP contribution in [0.1, 0.15) is 33.4 Å². The molecule has 0 bridgehead atoms. The van der Waals surface area contributed by atoms with E-state index in [0.29, 0.717) is 46.2 Å². The van der Waals surface area contributed by atoms with E-state index >= 15 is 0 Å². The van der Waals surface area contributed by atoms with Gasteiger partial charge < -0.3 is 19.5 Å². The van der Waals surface area contributed by atoms with Gasteiger partial charge in [-0.1, -0.05) is 48.0 Å². The fourth-order valence-corrected chi connectivity index (χ4v) is 4.59. The molecule has 6 nitrogen and oxygen atoms in total. The Bertz CT molecular complexity index is 1600. The number of rotatable bonds is 10. The van der Waals surface area contributed by atoms with Gasteiger partial charge in [-0.2, -0.15) is 5.26 Å². The van der Waals surface area contributed by atoms with Crippen molar-refractivity contribution in [2.24, 2.45) is 0 Å². The van der Waals surface area contributed by atoms with Gasteiger partial charge in [-0.25, -0.2) is 0 Å². The van der Waals surface area contributed by atoms with Crippen LogP contribution in [0, 0.1) is 32.1 Å². The number of benzene rings is 4. The fraction of sp³-hybridized carbons (Fsp3) is 0.176. The van der Waals surface area contributed by atoms with Gasteiger partial charge in [0.2, 0.25) is 0 Å². The zero-order valence-corrected chi connectivity index (χ0v) is 25.0. The number of hydrogen-bond donors (Lipinski definition) is 1. The first-order valence-corrected chi connectivity index (χ1v) is 13.8. The highest BCUT2D eigenvalue weighted by Crippen LogP contribution is 2.38. The van der Waals surface area contributed by atoms with Crippen molar-refractivity contribution in [1.29, 1.82) is 5.26 Å². The van der Waals surface area contributed by atoms with Crippen molar-refractivity contribution in [2.75, 3.05) is 12.4 Å². The summed E-state index contributed by atoms with van der Waals surface area (Å²) in [5.41, 5.74) is 6.83. The topological polar surface area (TPSA) is 80.6 Å². The Morgan fingerprint density at radius 1 is 0.878 bits per heavy atom. The summed E-state index contributed by atoms with van der Waals surface area (Å²) < 4.78 is 18.1. The predicted octanol–water partition coefficient (Wildman–Crippen LogP) is 8.09. The lowest BCUT2D eigenvalue weighted by Gasteiger charge is -2.14. The van der Waals surface area contributed by atoms with Gasteiger partial charge in [0.05, 0.1) is 11.6 Å². The summed E-state index contributed by atoms with van der Waals surface area (Å²) in [6.45, 7) is 6.99. The molecule has 0 saturated carbocycles. The Labute approximate surface area is 249 Å². The van der Waals surface area contributed by atoms with E-state index in [0.717, 1.165) is 11.1 Å². The molecule has 0 heterocycles. The summed E-state index contributed by atoms with van der Waals surface area (Å²) >= 11 is 3.55. The minimum absolute atomic E-state index is 0.0533. The van der Waals surface area contributed by atoms with Gasteiger partial charge in [-0.3, -0.25) is 4.79 Å². The van der Waals surface area contributed by atoms with Crippen LogP contribution in [-0.2, 0) is 18.0 Å². The molecule has 0 radical (unpaired) electrons. The second-order valence-corrected chi connectivity index (χ2v) is 10.5. The fourth-order valence-electron chi connectivity index (χ4n) is 4.01. The zero-order chi connectivity index (χ0) is 29.4. The highest BCUT2D eigenvalue weighted by Gasteiger charge is 2.15. The molecule has 41 heavy (non-hydrogen) atoms. The van der Waals surface area contributed by atoms with Crippen molar-refractivity contribution in [2.45, 2.75) is 34.0 Å². The molecule has 7 heteroatoms. The lowest BCUT2D eigenvalue weighted by molar-refractivity contribution is -0.112. The molecule has 4 aromatic carbocycles. The average Bonchev–Trinajstić information content (AvgIpc) is 2.97. The summed E-state index contributed by atoms with van der Waals surface area (Å²) in [5, 5.41) is 12.5. The van der Waals surface area contributed by atoms with Crippen LogP contribution in [0.5, 0.6) is 17.2 Å². The number of ether oxygens (including phenoxy) is 3. The molecule has 0 saturated heterocycles. The average molecular weight is 612 g/mol. The van der Waals surface area contributed by atoms with Crippen LogP contribution in [0.15, 0.2) is 88.9 Å². The third-order valence-electron chi connectivity index (χ3n) is 6.52. The number of amides is 1. The van der Waals surface area contributed by atoms with Crippen LogP contribution in [0.3, 0.4) is 0 Å². The summed E-state index contributed by atoms with van der Waals surface area (Å²) in [6.07, 6.45) is 1.51. The molecule has 1 amide bonds. The number of halogens is 1. The number of hydrogen-bond acceptors (Lipinski definition) is 5. The monoisotopic (exact) mass is 610 g/mol. The van der Waals surface area contributed by atoms with Crippen molar-refractivity contribution in [1.82, 2.24) is 0 Å². The van der Waals surface area contributed by atoms with Crippen LogP contribution >= 0.6 is 15.9 Å². The molecular weight excluding hydrogens is 580 g/mol. The first-order valence-electron chi connectivity index (χ1n) is 13.0. The van der Waals surface area contributed by atoms with E-state index in [1.807, 2.05) is 43.3 Å². The van der Waals surface area contributed by atoms with Crippen LogP contribution < -0.4 is 19.5 Å².